The Hall–Kier alpha value is 0.797. The van der Waals surface area contributed by atoms with E-state index in [1.54, 1.807) is 0 Å². The molecule has 0 nitrogen and oxygen atoms in total. The smallest absolute Gasteiger partial charge is 0.146 e. The van der Waals surface area contributed by atoms with Crippen molar-refractivity contribution in [2.75, 3.05) is 0 Å². The Balaban J connectivity index is 3.00. The van der Waals surface area contributed by atoms with Crippen LogP contribution < -0.4 is 0 Å². The summed E-state index contributed by atoms with van der Waals surface area (Å²) in [7, 11) is 0. The summed E-state index contributed by atoms with van der Waals surface area (Å²) in [4.78, 5) is 0. The van der Waals surface area contributed by atoms with Crippen LogP contribution in [-0.4, -0.2) is 6.69 Å². The molecule has 0 unspecified atom stereocenters. The number of rotatable bonds is 16. The van der Waals surface area contributed by atoms with Crippen molar-refractivity contribution < 1.29 is 0 Å². The van der Waals surface area contributed by atoms with Gasteiger partial charge in [-0.15, -0.1) is 22.2 Å². The standard InChI is InChI=1S/C18H38Cl2Si/c1-3-4-5-6-7-8-9-10-11-12-13-14-15-16-17-18-21(2,19)20/h3-18H2,1-2H3. The van der Waals surface area contributed by atoms with Gasteiger partial charge in [0.05, 0.1) is 0 Å². The van der Waals surface area contributed by atoms with Crippen molar-refractivity contribution >= 4 is 28.9 Å². The first-order chi connectivity index (χ1) is 10.1. The van der Waals surface area contributed by atoms with Gasteiger partial charge < -0.3 is 0 Å². The molecular formula is C18H38Cl2Si. The Morgan fingerprint density at radius 1 is 0.524 bits per heavy atom. The van der Waals surface area contributed by atoms with Crippen molar-refractivity contribution in [3.63, 3.8) is 0 Å². The van der Waals surface area contributed by atoms with E-state index >= 15 is 0 Å². The molecule has 0 aromatic carbocycles. The zero-order chi connectivity index (χ0) is 15.8. The molecule has 0 rings (SSSR count). The van der Waals surface area contributed by atoms with Gasteiger partial charge in [-0.25, -0.2) is 0 Å². The van der Waals surface area contributed by atoms with E-state index in [1.165, 1.54) is 96.3 Å². The highest BCUT2D eigenvalue weighted by Crippen LogP contribution is 2.23. The Morgan fingerprint density at radius 3 is 1.10 bits per heavy atom. The second-order valence-electron chi connectivity index (χ2n) is 6.77. The number of hydrogen-bond donors (Lipinski definition) is 0. The molecule has 0 spiro atoms. The summed E-state index contributed by atoms with van der Waals surface area (Å²) >= 11 is 12.2. The molecule has 0 bridgehead atoms. The van der Waals surface area contributed by atoms with E-state index in [2.05, 4.69) is 6.92 Å². The predicted octanol–water partition coefficient (Wildman–Crippen LogP) is 8.41. The highest BCUT2D eigenvalue weighted by molar-refractivity contribution is 7.44. The molecule has 0 heterocycles. The summed E-state index contributed by atoms with van der Waals surface area (Å²) < 4.78 is 0. The van der Waals surface area contributed by atoms with Gasteiger partial charge in [0.25, 0.3) is 0 Å². The minimum atomic E-state index is -1.82. The van der Waals surface area contributed by atoms with Gasteiger partial charge in [-0.3, -0.25) is 0 Å². The SMILES string of the molecule is CCCCCCCCCCCCCCCCC[Si](C)(Cl)Cl. The molecule has 21 heavy (non-hydrogen) atoms. The highest BCUT2D eigenvalue weighted by atomic mass is 35.7. The van der Waals surface area contributed by atoms with Crippen molar-refractivity contribution in [3.8, 4) is 0 Å². The van der Waals surface area contributed by atoms with E-state index < -0.39 is 6.69 Å². The maximum Gasteiger partial charge on any atom is 0.248 e. The second-order valence-corrected chi connectivity index (χ2v) is 15.0. The van der Waals surface area contributed by atoms with Gasteiger partial charge in [-0.1, -0.05) is 103 Å². The van der Waals surface area contributed by atoms with Crippen LogP contribution >= 0.6 is 22.2 Å². The third-order valence-corrected chi connectivity index (χ3v) is 6.58. The quantitative estimate of drug-likeness (QED) is 0.148. The summed E-state index contributed by atoms with van der Waals surface area (Å²) in [5, 5.41) is 0. The monoisotopic (exact) mass is 352 g/mol. The zero-order valence-corrected chi connectivity index (χ0v) is 17.1. The molecule has 0 saturated carbocycles. The van der Waals surface area contributed by atoms with Crippen molar-refractivity contribution in [1.82, 2.24) is 0 Å². The summed E-state index contributed by atoms with van der Waals surface area (Å²) in [5.41, 5.74) is 0. The molecule has 0 N–H and O–H groups in total. The molecule has 0 amide bonds. The minimum Gasteiger partial charge on any atom is -0.146 e. The van der Waals surface area contributed by atoms with Crippen LogP contribution in [-0.2, 0) is 0 Å². The van der Waals surface area contributed by atoms with Crippen LogP contribution in [0.3, 0.4) is 0 Å². The normalized spacial score (nSPS) is 12.0. The minimum absolute atomic E-state index is 1.06. The molecule has 0 aromatic rings. The first kappa shape index (κ1) is 21.8. The number of halogens is 2. The van der Waals surface area contributed by atoms with Gasteiger partial charge in [-0.05, 0) is 12.6 Å². The van der Waals surface area contributed by atoms with Gasteiger partial charge in [0.1, 0.15) is 0 Å². The predicted molar refractivity (Wildman–Crippen MR) is 103 cm³/mol. The lowest BCUT2D eigenvalue weighted by Crippen LogP contribution is -2.11. The summed E-state index contributed by atoms with van der Waals surface area (Å²) in [5.74, 6) is 0. The van der Waals surface area contributed by atoms with E-state index in [9.17, 15) is 0 Å². The molecule has 0 aliphatic heterocycles. The van der Waals surface area contributed by atoms with E-state index in [4.69, 9.17) is 22.2 Å². The molecule has 0 fully saturated rings. The van der Waals surface area contributed by atoms with Crippen molar-refractivity contribution in [1.29, 1.82) is 0 Å². The first-order valence-electron chi connectivity index (χ1n) is 9.44. The largest absolute Gasteiger partial charge is 0.248 e. The fraction of sp³-hybridized carbons (Fsp3) is 1.00. The van der Waals surface area contributed by atoms with Crippen LogP contribution in [0.5, 0.6) is 0 Å². The lowest BCUT2D eigenvalue weighted by molar-refractivity contribution is 0.534. The maximum absolute atomic E-state index is 6.10. The molecule has 0 atom stereocenters. The fourth-order valence-corrected chi connectivity index (χ4v) is 4.48. The Labute approximate surface area is 144 Å². The summed E-state index contributed by atoms with van der Waals surface area (Å²) in [6.07, 6.45) is 21.2. The molecular weight excluding hydrogens is 315 g/mol. The van der Waals surface area contributed by atoms with Crippen molar-refractivity contribution in [2.24, 2.45) is 0 Å². The van der Waals surface area contributed by atoms with Gasteiger partial charge in [0.2, 0.25) is 6.69 Å². The third kappa shape index (κ3) is 20.8. The van der Waals surface area contributed by atoms with Gasteiger partial charge in [0, 0.05) is 0 Å². The third-order valence-electron chi connectivity index (χ3n) is 4.22. The molecule has 0 saturated heterocycles. The Bertz CT molecular complexity index is 202. The van der Waals surface area contributed by atoms with Gasteiger partial charge in [0.15, 0.2) is 0 Å². The van der Waals surface area contributed by atoms with E-state index in [1.807, 2.05) is 6.55 Å². The molecule has 128 valence electrons. The van der Waals surface area contributed by atoms with E-state index in [0.717, 1.165) is 6.04 Å². The van der Waals surface area contributed by atoms with E-state index in [0.29, 0.717) is 0 Å². The highest BCUT2D eigenvalue weighted by Gasteiger charge is 2.19. The summed E-state index contributed by atoms with van der Waals surface area (Å²) in [6, 6.07) is 1.06. The van der Waals surface area contributed by atoms with Crippen LogP contribution in [0.4, 0.5) is 0 Å². The van der Waals surface area contributed by atoms with Crippen molar-refractivity contribution in [2.45, 2.75) is 116 Å². The zero-order valence-electron chi connectivity index (χ0n) is 14.6. The maximum atomic E-state index is 6.10. The Morgan fingerprint density at radius 2 is 0.810 bits per heavy atom. The van der Waals surface area contributed by atoms with Crippen LogP contribution in [0.15, 0.2) is 0 Å². The van der Waals surface area contributed by atoms with Crippen LogP contribution in [0, 0.1) is 0 Å². The fourth-order valence-electron chi connectivity index (χ4n) is 2.81. The first-order valence-corrected chi connectivity index (χ1v) is 14.2. The second kappa shape index (κ2) is 15.7. The van der Waals surface area contributed by atoms with Crippen LogP contribution in [0.2, 0.25) is 12.6 Å². The Kier molecular flexibility index (Phi) is 16.3. The average Bonchev–Trinajstić information content (AvgIpc) is 2.42. The molecule has 0 aliphatic rings. The van der Waals surface area contributed by atoms with Crippen LogP contribution in [0.25, 0.3) is 0 Å². The van der Waals surface area contributed by atoms with E-state index in [-0.39, 0.29) is 0 Å². The average molecular weight is 353 g/mol. The molecule has 3 heteroatoms. The number of unbranched alkanes of at least 4 members (excludes halogenated alkanes) is 14. The number of hydrogen-bond acceptors (Lipinski definition) is 0. The lowest BCUT2D eigenvalue weighted by Gasteiger charge is -2.09. The summed E-state index contributed by atoms with van der Waals surface area (Å²) in [6.45, 7) is 2.50. The molecule has 0 aliphatic carbocycles. The topological polar surface area (TPSA) is 0 Å². The van der Waals surface area contributed by atoms with Gasteiger partial charge >= 0.3 is 0 Å². The van der Waals surface area contributed by atoms with Gasteiger partial charge in [-0.2, -0.15) is 0 Å². The van der Waals surface area contributed by atoms with Crippen LogP contribution in [0.1, 0.15) is 103 Å². The molecule has 0 radical (unpaired) electrons. The lowest BCUT2D eigenvalue weighted by atomic mass is 10.0. The molecule has 0 aromatic heterocycles. The van der Waals surface area contributed by atoms with Crippen molar-refractivity contribution in [3.05, 3.63) is 0 Å².